The Morgan fingerprint density at radius 3 is 2.17 bits per heavy atom. The van der Waals surface area contributed by atoms with Crippen molar-refractivity contribution in [3.05, 3.63) is 33.8 Å². The average Bonchev–Trinajstić information content (AvgIpc) is 3.16. The van der Waals surface area contributed by atoms with Crippen LogP contribution >= 0.6 is 23.2 Å². The predicted octanol–water partition coefficient (Wildman–Crippen LogP) is 0.806. The molecule has 170 valence electrons. The molecule has 0 bridgehead atoms. The van der Waals surface area contributed by atoms with Crippen LogP contribution in [0.3, 0.4) is 0 Å². The lowest BCUT2D eigenvalue weighted by Gasteiger charge is -2.33. The Labute approximate surface area is 184 Å². The maximum absolute atomic E-state index is 10.1. The van der Waals surface area contributed by atoms with Gasteiger partial charge in [0.1, 0.15) is 0 Å². The molecule has 0 saturated carbocycles. The first kappa shape index (κ1) is 26.6. The van der Waals surface area contributed by atoms with Crippen molar-refractivity contribution in [2.75, 3.05) is 19.6 Å². The summed E-state index contributed by atoms with van der Waals surface area (Å²) in [5.41, 5.74) is 0.328. The highest BCUT2D eigenvalue weighted by molar-refractivity contribution is 6.35. The summed E-state index contributed by atoms with van der Waals surface area (Å²) in [5, 5.41) is 47.4. The van der Waals surface area contributed by atoms with E-state index in [4.69, 9.17) is 43.6 Å². The molecule has 1 aliphatic heterocycles. The lowest BCUT2D eigenvalue weighted by atomic mass is 10.1. The van der Waals surface area contributed by atoms with Gasteiger partial charge in [-0.3, -0.25) is 4.90 Å². The summed E-state index contributed by atoms with van der Waals surface area (Å²) in [6.45, 7) is 7.02. The third-order valence-electron chi connectivity index (χ3n) is 4.33. The molecule has 0 amide bonds. The zero-order valence-electron chi connectivity index (χ0n) is 16.8. The number of halogens is 2. The summed E-state index contributed by atoms with van der Waals surface area (Å²) in [6.07, 6.45) is -3.43. The van der Waals surface area contributed by atoms with Gasteiger partial charge in [-0.15, -0.1) is 0 Å². The molecule has 1 aromatic rings. The second kappa shape index (κ2) is 11.8. The molecule has 1 aliphatic rings. The molecular weight excluding hydrogens is 439 g/mol. The first-order valence-electron chi connectivity index (χ1n) is 9.24. The summed E-state index contributed by atoms with van der Waals surface area (Å²) in [7, 11) is 0. The van der Waals surface area contributed by atoms with Crippen LogP contribution in [0.25, 0.3) is 0 Å². The van der Waals surface area contributed by atoms with Crippen LogP contribution in [0.4, 0.5) is 0 Å². The Bertz CT molecular complexity index is 703. The zero-order chi connectivity index (χ0) is 23.1. The Balaban J connectivity index is 0.000000382. The standard InChI is InChI=1S/C15H22Cl2N2O.C4H6O6/c1-15(2,20)10-19(13-5-6-18-8-13)9-11-3-4-12(16)7-14(11)17;5-1(3(7)8)2(6)4(9)10/h3-4,7,13,18,20H,5-6,8-10H2,1-2H3;1-2,5-6H,(H,7,8)(H,9,10)/t13-;/m0./s1. The van der Waals surface area contributed by atoms with Gasteiger partial charge in [-0.05, 0) is 44.5 Å². The van der Waals surface area contributed by atoms with Gasteiger partial charge in [0.05, 0.1) is 5.60 Å². The van der Waals surface area contributed by atoms with E-state index in [0.29, 0.717) is 22.6 Å². The molecule has 30 heavy (non-hydrogen) atoms. The van der Waals surface area contributed by atoms with Gasteiger partial charge in [0, 0.05) is 35.7 Å². The number of aliphatic hydroxyl groups is 3. The number of rotatable bonds is 8. The van der Waals surface area contributed by atoms with Crippen LogP contribution in [0.2, 0.25) is 10.0 Å². The molecular formula is C19H28Cl2N2O7. The molecule has 9 nitrogen and oxygen atoms in total. The number of carbonyl (C=O) groups is 2. The van der Waals surface area contributed by atoms with E-state index in [1.807, 2.05) is 26.0 Å². The fourth-order valence-electron chi connectivity index (χ4n) is 2.90. The topological polar surface area (TPSA) is 151 Å². The van der Waals surface area contributed by atoms with Crippen molar-refractivity contribution in [3.63, 3.8) is 0 Å². The first-order valence-corrected chi connectivity index (χ1v) is 10.00. The van der Waals surface area contributed by atoms with E-state index in [-0.39, 0.29) is 0 Å². The van der Waals surface area contributed by atoms with Crippen LogP contribution in [0, 0.1) is 0 Å². The molecule has 0 aromatic heterocycles. The van der Waals surface area contributed by atoms with Crippen molar-refractivity contribution in [1.29, 1.82) is 0 Å². The smallest absolute Gasteiger partial charge is 0.335 e. The lowest BCUT2D eigenvalue weighted by molar-refractivity contribution is -0.165. The maximum Gasteiger partial charge on any atom is 0.335 e. The lowest BCUT2D eigenvalue weighted by Crippen LogP contribution is -2.45. The number of carboxylic acid groups (broad SMARTS) is 2. The summed E-state index contributed by atoms with van der Waals surface area (Å²) >= 11 is 12.2. The Hall–Kier alpha value is -1.46. The molecule has 1 saturated heterocycles. The van der Waals surface area contributed by atoms with Gasteiger partial charge in [0.15, 0.2) is 12.2 Å². The summed E-state index contributed by atoms with van der Waals surface area (Å²) in [5.74, 6) is -3.54. The number of benzene rings is 1. The van der Waals surface area contributed by atoms with Crippen molar-refractivity contribution >= 4 is 35.1 Å². The Morgan fingerprint density at radius 1 is 1.20 bits per heavy atom. The number of nitrogens with zero attached hydrogens (tertiary/aromatic N) is 1. The van der Waals surface area contributed by atoms with Gasteiger partial charge < -0.3 is 30.8 Å². The predicted molar refractivity (Wildman–Crippen MR) is 112 cm³/mol. The molecule has 0 radical (unpaired) electrons. The molecule has 1 aromatic carbocycles. The van der Waals surface area contributed by atoms with Gasteiger partial charge in [-0.1, -0.05) is 29.3 Å². The van der Waals surface area contributed by atoms with E-state index in [1.165, 1.54) is 0 Å². The van der Waals surface area contributed by atoms with E-state index in [2.05, 4.69) is 10.2 Å². The highest BCUT2D eigenvalue weighted by Crippen LogP contribution is 2.24. The number of hydrogen-bond donors (Lipinski definition) is 6. The van der Waals surface area contributed by atoms with Crippen molar-refractivity contribution < 1.29 is 35.1 Å². The van der Waals surface area contributed by atoms with E-state index in [1.54, 1.807) is 6.07 Å². The van der Waals surface area contributed by atoms with Gasteiger partial charge in [-0.2, -0.15) is 0 Å². The van der Waals surface area contributed by atoms with Crippen molar-refractivity contribution in [3.8, 4) is 0 Å². The molecule has 0 aliphatic carbocycles. The normalized spacial score (nSPS) is 18.5. The molecule has 2 unspecified atom stereocenters. The van der Waals surface area contributed by atoms with Crippen molar-refractivity contribution in [2.24, 2.45) is 0 Å². The summed E-state index contributed by atoms with van der Waals surface area (Å²) in [6, 6.07) is 6.03. The summed E-state index contributed by atoms with van der Waals surface area (Å²) in [4.78, 5) is 21.8. The monoisotopic (exact) mass is 466 g/mol. The van der Waals surface area contributed by atoms with Crippen LogP contribution in [-0.4, -0.2) is 85.9 Å². The fourth-order valence-corrected chi connectivity index (χ4v) is 3.37. The molecule has 1 heterocycles. The second-order valence-electron chi connectivity index (χ2n) is 7.67. The fraction of sp³-hybridized carbons (Fsp3) is 0.579. The molecule has 1 fully saturated rings. The Morgan fingerprint density at radius 2 is 1.77 bits per heavy atom. The van der Waals surface area contributed by atoms with E-state index < -0.39 is 29.7 Å². The number of aliphatic carboxylic acids is 2. The molecule has 0 spiro atoms. The minimum atomic E-state index is -2.27. The molecule has 11 heteroatoms. The first-order chi connectivity index (χ1) is 13.8. The molecule has 6 N–H and O–H groups in total. The van der Waals surface area contributed by atoms with Crippen molar-refractivity contribution in [1.82, 2.24) is 10.2 Å². The van der Waals surface area contributed by atoms with E-state index >= 15 is 0 Å². The van der Waals surface area contributed by atoms with Gasteiger partial charge >= 0.3 is 11.9 Å². The third kappa shape index (κ3) is 9.13. The number of nitrogens with one attached hydrogen (secondary N) is 1. The number of hydrogen-bond acceptors (Lipinski definition) is 7. The highest BCUT2D eigenvalue weighted by Gasteiger charge is 2.29. The van der Waals surface area contributed by atoms with Crippen LogP contribution in [0.15, 0.2) is 18.2 Å². The average molecular weight is 467 g/mol. The van der Waals surface area contributed by atoms with Gasteiger partial charge in [0.25, 0.3) is 0 Å². The van der Waals surface area contributed by atoms with Crippen LogP contribution in [0.5, 0.6) is 0 Å². The minimum absolute atomic E-state index is 0.438. The van der Waals surface area contributed by atoms with Crippen LogP contribution in [0.1, 0.15) is 25.8 Å². The van der Waals surface area contributed by atoms with Gasteiger partial charge in [-0.25, -0.2) is 9.59 Å². The molecule has 3 atom stereocenters. The third-order valence-corrected chi connectivity index (χ3v) is 4.92. The Kier molecular flexibility index (Phi) is 10.5. The van der Waals surface area contributed by atoms with Crippen LogP contribution in [-0.2, 0) is 16.1 Å². The minimum Gasteiger partial charge on any atom is -0.479 e. The maximum atomic E-state index is 10.1. The number of carboxylic acids is 2. The van der Waals surface area contributed by atoms with Gasteiger partial charge in [0.2, 0.25) is 0 Å². The van der Waals surface area contributed by atoms with Crippen molar-refractivity contribution in [2.45, 2.75) is 50.7 Å². The highest BCUT2D eigenvalue weighted by atomic mass is 35.5. The van der Waals surface area contributed by atoms with E-state index in [0.717, 1.165) is 31.6 Å². The zero-order valence-corrected chi connectivity index (χ0v) is 18.3. The summed E-state index contributed by atoms with van der Waals surface area (Å²) < 4.78 is 0. The SMILES string of the molecule is CC(C)(O)CN(Cc1ccc(Cl)cc1Cl)[C@H]1CCNC1.O=C(O)C(O)C(O)C(=O)O. The largest absolute Gasteiger partial charge is 0.479 e. The molecule has 2 rings (SSSR count). The second-order valence-corrected chi connectivity index (χ2v) is 8.51. The van der Waals surface area contributed by atoms with E-state index in [9.17, 15) is 14.7 Å². The quantitative estimate of drug-likeness (QED) is 0.326. The number of aliphatic hydroxyl groups excluding tert-OH is 2. The van der Waals surface area contributed by atoms with Crippen LogP contribution < -0.4 is 5.32 Å².